The number of benzene rings is 1. The van der Waals surface area contributed by atoms with Crippen LogP contribution in [0.2, 0.25) is 0 Å². The number of carboxylic acids is 1. The molecule has 1 aliphatic carbocycles. The lowest BCUT2D eigenvalue weighted by atomic mass is 10.1. The van der Waals surface area contributed by atoms with Crippen molar-refractivity contribution < 1.29 is 32.7 Å². The van der Waals surface area contributed by atoms with E-state index >= 15 is 0 Å². The molecule has 2 amide bonds. The van der Waals surface area contributed by atoms with Gasteiger partial charge in [-0.3, -0.25) is 9.59 Å². The van der Waals surface area contributed by atoms with Crippen LogP contribution >= 0.6 is 0 Å². The molecule has 32 heavy (non-hydrogen) atoms. The van der Waals surface area contributed by atoms with E-state index in [9.17, 15) is 22.8 Å². The van der Waals surface area contributed by atoms with Gasteiger partial charge in [0.15, 0.2) is 0 Å². The Balaban J connectivity index is 0.000000451. The first-order chi connectivity index (χ1) is 15.1. The third-order valence-corrected chi connectivity index (χ3v) is 5.57. The summed E-state index contributed by atoms with van der Waals surface area (Å²) in [5.41, 5.74) is 1.83. The fourth-order valence-corrected chi connectivity index (χ4v) is 3.90. The number of nitrogens with zero attached hydrogens (tertiary/aromatic N) is 2. The number of alkyl halides is 3. The molecule has 1 aromatic rings. The van der Waals surface area contributed by atoms with Gasteiger partial charge >= 0.3 is 12.1 Å². The number of carbonyl (C=O) groups is 3. The molecule has 0 aromatic heterocycles. The van der Waals surface area contributed by atoms with Crippen molar-refractivity contribution in [3.05, 3.63) is 35.4 Å². The summed E-state index contributed by atoms with van der Waals surface area (Å²) in [6.45, 7) is 5.80. The van der Waals surface area contributed by atoms with Crippen LogP contribution in [0.3, 0.4) is 0 Å². The summed E-state index contributed by atoms with van der Waals surface area (Å²) in [6, 6.07) is 8.05. The van der Waals surface area contributed by atoms with Crippen molar-refractivity contribution in [2.24, 2.45) is 0 Å². The van der Waals surface area contributed by atoms with Crippen LogP contribution in [0.1, 0.15) is 48.0 Å². The minimum Gasteiger partial charge on any atom is -0.475 e. The number of rotatable bonds is 5. The zero-order chi connectivity index (χ0) is 23.7. The number of aryl methyl sites for hydroxylation is 1. The van der Waals surface area contributed by atoms with E-state index in [2.05, 4.69) is 5.32 Å². The van der Waals surface area contributed by atoms with E-state index < -0.39 is 12.1 Å². The summed E-state index contributed by atoms with van der Waals surface area (Å²) in [5.74, 6) is -2.52. The number of halogens is 3. The van der Waals surface area contributed by atoms with Gasteiger partial charge < -0.3 is 20.2 Å². The molecule has 1 saturated carbocycles. The van der Waals surface area contributed by atoms with Gasteiger partial charge in [-0.25, -0.2) is 4.79 Å². The molecule has 1 heterocycles. The third-order valence-electron chi connectivity index (χ3n) is 5.57. The minimum absolute atomic E-state index is 0.0729. The first-order valence-corrected chi connectivity index (χ1v) is 10.8. The molecule has 1 aliphatic heterocycles. The van der Waals surface area contributed by atoms with Crippen molar-refractivity contribution in [2.45, 2.75) is 51.2 Å². The highest BCUT2D eigenvalue weighted by Gasteiger charge is 2.38. The van der Waals surface area contributed by atoms with Crippen LogP contribution < -0.4 is 5.32 Å². The highest BCUT2D eigenvalue weighted by Crippen LogP contribution is 2.25. The standard InChI is InChI=1S/C20H29N3O2.C2HF3O2/c1-16-5-4-6-17(15-16)20(25)23(18-7-2-3-8-18)12-9-19(24)22-13-10-21-11-14-22;3-2(4,5)1(6)7/h4-6,15,18,21H,2-3,7-14H2,1H3;(H,6,7). The number of carbonyl (C=O) groups excluding carboxylic acids is 2. The van der Waals surface area contributed by atoms with Gasteiger partial charge in [0.05, 0.1) is 0 Å². The van der Waals surface area contributed by atoms with Gasteiger partial charge in [-0.2, -0.15) is 13.2 Å². The molecule has 1 aromatic carbocycles. The van der Waals surface area contributed by atoms with E-state index in [0.717, 1.165) is 50.1 Å². The molecule has 0 unspecified atom stereocenters. The summed E-state index contributed by atoms with van der Waals surface area (Å²) in [5, 5.41) is 10.4. The topological polar surface area (TPSA) is 90.0 Å². The van der Waals surface area contributed by atoms with E-state index in [4.69, 9.17) is 9.90 Å². The molecule has 0 atom stereocenters. The third kappa shape index (κ3) is 7.81. The van der Waals surface area contributed by atoms with Crippen molar-refractivity contribution in [1.29, 1.82) is 0 Å². The highest BCUT2D eigenvalue weighted by molar-refractivity contribution is 5.95. The normalized spacial score (nSPS) is 16.8. The second kappa shape index (κ2) is 11.8. The molecular formula is C22H30F3N3O4. The van der Waals surface area contributed by atoms with Crippen LogP contribution in [0.4, 0.5) is 13.2 Å². The van der Waals surface area contributed by atoms with E-state index in [1.54, 1.807) is 0 Å². The first-order valence-electron chi connectivity index (χ1n) is 10.8. The van der Waals surface area contributed by atoms with Crippen LogP contribution in [0, 0.1) is 6.92 Å². The van der Waals surface area contributed by atoms with Crippen molar-refractivity contribution in [3.8, 4) is 0 Å². The monoisotopic (exact) mass is 457 g/mol. The van der Waals surface area contributed by atoms with Gasteiger partial charge in [0.1, 0.15) is 0 Å². The Labute approximate surface area is 185 Å². The molecule has 0 radical (unpaired) electrons. The SMILES string of the molecule is Cc1cccc(C(=O)N(CCC(=O)N2CCNCC2)C2CCCC2)c1.O=C(O)C(F)(F)F. The Bertz CT molecular complexity index is 789. The van der Waals surface area contributed by atoms with E-state index in [1.807, 2.05) is 41.0 Å². The van der Waals surface area contributed by atoms with E-state index in [1.165, 1.54) is 12.8 Å². The number of hydrogen-bond donors (Lipinski definition) is 2. The second-order valence-corrected chi connectivity index (χ2v) is 7.99. The Kier molecular flexibility index (Phi) is 9.49. The second-order valence-electron chi connectivity index (χ2n) is 7.99. The molecule has 2 N–H and O–H groups in total. The number of piperazine rings is 1. The smallest absolute Gasteiger partial charge is 0.475 e. The predicted octanol–water partition coefficient (Wildman–Crippen LogP) is 2.84. The minimum atomic E-state index is -5.08. The van der Waals surface area contributed by atoms with Crippen molar-refractivity contribution in [1.82, 2.24) is 15.1 Å². The van der Waals surface area contributed by atoms with Gasteiger partial charge in [0.25, 0.3) is 5.91 Å². The van der Waals surface area contributed by atoms with E-state index in [0.29, 0.717) is 13.0 Å². The molecule has 0 spiro atoms. The summed E-state index contributed by atoms with van der Waals surface area (Å²) in [7, 11) is 0. The summed E-state index contributed by atoms with van der Waals surface area (Å²) >= 11 is 0. The number of hydrogen-bond acceptors (Lipinski definition) is 4. The summed E-state index contributed by atoms with van der Waals surface area (Å²) < 4.78 is 31.7. The Morgan fingerprint density at radius 2 is 1.75 bits per heavy atom. The summed E-state index contributed by atoms with van der Waals surface area (Å²) in [4.78, 5) is 38.3. The maximum absolute atomic E-state index is 13.1. The zero-order valence-electron chi connectivity index (χ0n) is 18.2. The van der Waals surface area contributed by atoms with Gasteiger partial charge in [0.2, 0.25) is 5.91 Å². The largest absolute Gasteiger partial charge is 0.490 e. The molecule has 1 saturated heterocycles. The fraction of sp³-hybridized carbons (Fsp3) is 0.591. The Morgan fingerprint density at radius 3 is 2.28 bits per heavy atom. The van der Waals surface area contributed by atoms with Gasteiger partial charge in [-0.1, -0.05) is 30.5 Å². The molecular weight excluding hydrogens is 427 g/mol. The maximum atomic E-state index is 13.1. The van der Waals surface area contributed by atoms with Crippen molar-refractivity contribution in [3.63, 3.8) is 0 Å². The lowest BCUT2D eigenvalue weighted by molar-refractivity contribution is -0.192. The zero-order valence-corrected chi connectivity index (χ0v) is 18.2. The highest BCUT2D eigenvalue weighted by atomic mass is 19.4. The number of amides is 2. The maximum Gasteiger partial charge on any atom is 0.490 e. The Hall–Kier alpha value is -2.62. The molecule has 3 rings (SSSR count). The molecule has 2 aliphatic rings. The van der Waals surface area contributed by atoms with Crippen LogP contribution in [-0.4, -0.2) is 77.6 Å². The number of aliphatic carboxylic acids is 1. The number of nitrogens with one attached hydrogen (secondary N) is 1. The average Bonchev–Trinajstić information content (AvgIpc) is 3.28. The predicted molar refractivity (Wildman–Crippen MR) is 112 cm³/mol. The molecule has 2 fully saturated rings. The van der Waals surface area contributed by atoms with Crippen molar-refractivity contribution in [2.75, 3.05) is 32.7 Å². The van der Waals surface area contributed by atoms with Gasteiger partial charge in [0, 0.05) is 50.7 Å². The first kappa shape index (κ1) is 25.6. The molecule has 10 heteroatoms. The number of carboxylic acid groups (broad SMARTS) is 1. The van der Waals surface area contributed by atoms with Crippen LogP contribution in [0.25, 0.3) is 0 Å². The summed E-state index contributed by atoms with van der Waals surface area (Å²) in [6.07, 6.45) is -0.200. The van der Waals surface area contributed by atoms with Gasteiger partial charge in [-0.15, -0.1) is 0 Å². The Morgan fingerprint density at radius 1 is 1.16 bits per heavy atom. The van der Waals surface area contributed by atoms with Crippen molar-refractivity contribution >= 4 is 17.8 Å². The fourth-order valence-electron chi connectivity index (χ4n) is 3.90. The lowest BCUT2D eigenvalue weighted by Gasteiger charge is -2.31. The molecule has 0 bridgehead atoms. The average molecular weight is 457 g/mol. The van der Waals surface area contributed by atoms with E-state index in [-0.39, 0.29) is 17.9 Å². The van der Waals surface area contributed by atoms with Crippen LogP contribution in [0.5, 0.6) is 0 Å². The van der Waals surface area contributed by atoms with Crippen LogP contribution in [0.15, 0.2) is 24.3 Å². The van der Waals surface area contributed by atoms with Crippen LogP contribution in [-0.2, 0) is 9.59 Å². The quantitative estimate of drug-likeness (QED) is 0.710. The molecule has 7 nitrogen and oxygen atoms in total. The van der Waals surface area contributed by atoms with Gasteiger partial charge in [-0.05, 0) is 31.9 Å². The lowest BCUT2D eigenvalue weighted by Crippen LogP contribution is -2.48. The molecule has 178 valence electrons.